The van der Waals surface area contributed by atoms with Crippen LogP contribution >= 0.6 is 11.6 Å². The molecule has 2 aromatic heterocycles. The van der Waals surface area contributed by atoms with Crippen LogP contribution in [0.5, 0.6) is 5.75 Å². The molecule has 28 heavy (non-hydrogen) atoms. The number of rotatable bonds is 6. The fraction of sp³-hybridized carbons (Fsp3) is 0.158. The van der Waals surface area contributed by atoms with Gasteiger partial charge in [-0.25, -0.2) is 9.78 Å². The second kappa shape index (κ2) is 8.53. The fourth-order valence-electron chi connectivity index (χ4n) is 2.47. The van der Waals surface area contributed by atoms with Crippen molar-refractivity contribution in [3.05, 3.63) is 70.6 Å². The van der Waals surface area contributed by atoms with Crippen LogP contribution in [0.4, 0.5) is 5.82 Å². The molecule has 144 valence electrons. The number of amides is 1. The molecule has 0 saturated carbocycles. The number of benzene rings is 1. The van der Waals surface area contributed by atoms with Crippen LogP contribution in [0, 0.1) is 0 Å². The van der Waals surface area contributed by atoms with Crippen molar-refractivity contribution in [1.82, 2.24) is 14.8 Å². The van der Waals surface area contributed by atoms with E-state index in [-0.39, 0.29) is 16.7 Å². The summed E-state index contributed by atoms with van der Waals surface area (Å²) >= 11 is 5.73. The summed E-state index contributed by atoms with van der Waals surface area (Å²) < 4.78 is 11.4. The highest BCUT2D eigenvalue weighted by atomic mass is 35.5. The van der Waals surface area contributed by atoms with Gasteiger partial charge in [-0.15, -0.1) is 0 Å². The second-order valence-corrected chi connectivity index (χ2v) is 6.12. The predicted octanol–water partition coefficient (Wildman–Crippen LogP) is 3.03. The number of halogens is 1. The summed E-state index contributed by atoms with van der Waals surface area (Å²) in [6.45, 7) is 0.312. The van der Waals surface area contributed by atoms with Gasteiger partial charge in [0, 0.05) is 12.3 Å². The summed E-state index contributed by atoms with van der Waals surface area (Å²) in [5.74, 6) is -0.0415. The highest BCUT2D eigenvalue weighted by molar-refractivity contribution is 6.29. The minimum atomic E-state index is -0.560. The smallest absolute Gasteiger partial charge is 0.356 e. The zero-order valence-corrected chi connectivity index (χ0v) is 15.9. The minimum absolute atomic E-state index is 0.211. The van der Waals surface area contributed by atoms with E-state index >= 15 is 0 Å². The largest absolute Gasteiger partial charge is 0.497 e. The predicted molar refractivity (Wildman–Crippen MR) is 103 cm³/mol. The Kier molecular flexibility index (Phi) is 5.90. The maximum absolute atomic E-state index is 12.3. The van der Waals surface area contributed by atoms with E-state index < -0.39 is 11.9 Å². The molecule has 3 rings (SSSR count). The Hall–Kier alpha value is -3.39. The quantitative estimate of drug-likeness (QED) is 0.504. The first-order valence-corrected chi connectivity index (χ1v) is 8.60. The summed E-state index contributed by atoms with van der Waals surface area (Å²) in [5.41, 5.74) is 1.42. The normalized spacial score (nSPS) is 10.4. The van der Waals surface area contributed by atoms with E-state index in [1.54, 1.807) is 13.2 Å². The standard InChI is InChI=1S/C19H17ClN4O4/c1-27-14-6-3-12(4-7-14)11-24-15(19(26)28-2)9-17(23-24)22-18(25)13-5-8-16(20)21-10-13/h3-10H,11H2,1-2H3,(H,22,23,25). The molecule has 1 amide bonds. The van der Waals surface area contributed by atoms with Crippen molar-refractivity contribution < 1.29 is 19.1 Å². The molecule has 3 aromatic rings. The van der Waals surface area contributed by atoms with Crippen molar-refractivity contribution in [3.63, 3.8) is 0 Å². The average molecular weight is 401 g/mol. The van der Waals surface area contributed by atoms with Crippen molar-refractivity contribution in [3.8, 4) is 5.75 Å². The van der Waals surface area contributed by atoms with Gasteiger partial charge in [-0.2, -0.15) is 5.10 Å². The molecule has 9 heteroatoms. The number of pyridine rings is 1. The summed E-state index contributed by atoms with van der Waals surface area (Å²) in [4.78, 5) is 28.3. The van der Waals surface area contributed by atoms with Crippen molar-refractivity contribution in [2.45, 2.75) is 6.54 Å². The molecule has 8 nitrogen and oxygen atoms in total. The van der Waals surface area contributed by atoms with Crippen LogP contribution in [0.3, 0.4) is 0 Å². The van der Waals surface area contributed by atoms with E-state index in [0.29, 0.717) is 12.1 Å². The molecule has 0 spiro atoms. The molecule has 2 heterocycles. The van der Waals surface area contributed by atoms with Gasteiger partial charge in [0.1, 0.15) is 16.6 Å². The molecule has 0 bridgehead atoms. The Morgan fingerprint density at radius 1 is 1.14 bits per heavy atom. The molecule has 0 unspecified atom stereocenters. The molecule has 1 aromatic carbocycles. The van der Waals surface area contributed by atoms with Gasteiger partial charge in [0.2, 0.25) is 0 Å². The van der Waals surface area contributed by atoms with Crippen LogP contribution in [0.1, 0.15) is 26.4 Å². The maximum atomic E-state index is 12.3. The Balaban J connectivity index is 1.83. The monoisotopic (exact) mass is 400 g/mol. The molecule has 0 fully saturated rings. The number of methoxy groups -OCH3 is 2. The number of aromatic nitrogens is 3. The average Bonchev–Trinajstić information content (AvgIpc) is 3.10. The topological polar surface area (TPSA) is 95.3 Å². The van der Waals surface area contributed by atoms with Crippen LogP contribution in [0.2, 0.25) is 5.15 Å². The van der Waals surface area contributed by atoms with Crippen LogP contribution in [-0.2, 0) is 11.3 Å². The van der Waals surface area contributed by atoms with Crippen LogP contribution in [0.25, 0.3) is 0 Å². The summed E-state index contributed by atoms with van der Waals surface area (Å²) in [6.07, 6.45) is 1.35. The highest BCUT2D eigenvalue weighted by Crippen LogP contribution is 2.17. The second-order valence-electron chi connectivity index (χ2n) is 5.74. The van der Waals surface area contributed by atoms with Crippen molar-refractivity contribution in [1.29, 1.82) is 0 Å². The van der Waals surface area contributed by atoms with Gasteiger partial charge in [-0.3, -0.25) is 9.48 Å². The first-order valence-electron chi connectivity index (χ1n) is 8.22. The Labute approximate surface area is 166 Å². The number of nitrogens with zero attached hydrogens (tertiary/aromatic N) is 3. The van der Waals surface area contributed by atoms with E-state index in [2.05, 4.69) is 15.4 Å². The zero-order chi connectivity index (χ0) is 20.1. The molecule has 0 aliphatic rings. The summed E-state index contributed by atoms with van der Waals surface area (Å²) in [5, 5.41) is 7.23. The van der Waals surface area contributed by atoms with Gasteiger partial charge in [0.15, 0.2) is 5.82 Å². The fourth-order valence-corrected chi connectivity index (χ4v) is 2.58. The van der Waals surface area contributed by atoms with Gasteiger partial charge in [-0.05, 0) is 29.8 Å². The number of carbonyl (C=O) groups excluding carboxylic acids is 2. The summed E-state index contributed by atoms with van der Waals surface area (Å²) in [7, 11) is 2.87. The van der Waals surface area contributed by atoms with Gasteiger partial charge in [0.05, 0.1) is 26.3 Å². The number of carbonyl (C=O) groups is 2. The molecule has 0 aliphatic heterocycles. The third-order valence-corrected chi connectivity index (χ3v) is 4.12. The minimum Gasteiger partial charge on any atom is -0.497 e. The Morgan fingerprint density at radius 3 is 2.50 bits per heavy atom. The first-order chi connectivity index (χ1) is 13.5. The lowest BCUT2D eigenvalue weighted by atomic mass is 10.2. The molecule has 0 radical (unpaired) electrons. The van der Waals surface area contributed by atoms with Crippen molar-refractivity contribution >= 4 is 29.3 Å². The number of anilines is 1. The number of hydrogen-bond acceptors (Lipinski definition) is 6. The molecule has 0 aliphatic carbocycles. The highest BCUT2D eigenvalue weighted by Gasteiger charge is 2.18. The number of nitrogens with one attached hydrogen (secondary N) is 1. The maximum Gasteiger partial charge on any atom is 0.356 e. The number of esters is 1. The lowest BCUT2D eigenvalue weighted by Gasteiger charge is -2.07. The number of ether oxygens (including phenoxy) is 2. The first kappa shape index (κ1) is 19.4. The SMILES string of the molecule is COC(=O)c1cc(NC(=O)c2ccc(Cl)nc2)nn1Cc1ccc(OC)cc1. The van der Waals surface area contributed by atoms with Crippen LogP contribution in [0.15, 0.2) is 48.7 Å². The zero-order valence-electron chi connectivity index (χ0n) is 15.2. The summed E-state index contributed by atoms with van der Waals surface area (Å²) in [6, 6.07) is 11.9. The molecule has 0 atom stereocenters. The van der Waals surface area contributed by atoms with Crippen molar-refractivity contribution in [2.24, 2.45) is 0 Å². The van der Waals surface area contributed by atoms with Gasteiger partial charge < -0.3 is 14.8 Å². The third kappa shape index (κ3) is 4.47. The van der Waals surface area contributed by atoms with Crippen LogP contribution < -0.4 is 10.1 Å². The number of hydrogen-bond donors (Lipinski definition) is 1. The Bertz CT molecular complexity index is 984. The third-order valence-electron chi connectivity index (χ3n) is 3.90. The van der Waals surface area contributed by atoms with Crippen LogP contribution in [-0.4, -0.2) is 40.9 Å². The van der Waals surface area contributed by atoms with E-state index in [4.69, 9.17) is 21.1 Å². The Morgan fingerprint density at radius 2 is 1.89 bits per heavy atom. The molecular formula is C19H17ClN4O4. The molecule has 1 N–H and O–H groups in total. The molecular weight excluding hydrogens is 384 g/mol. The molecule has 0 saturated heterocycles. The van der Waals surface area contributed by atoms with E-state index in [9.17, 15) is 9.59 Å². The van der Waals surface area contributed by atoms with Crippen molar-refractivity contribution in [2.75, 3.05) is 19.5 Å². The van der Waals surface area contributed by atoms with E-state index in [1.807, 2.05) is 24.3 Å². The van der Waals surface area contributed by atoms with E-state index in [1.165, 1.54) is 30.1 Å². The van der Waals surface area contributed by atoms with Gasteiger partial charge >= 0.3 is 5.97 Å². The van der Waals surface area contributed by atoms with E-state index in [0.717, 1.165) is 11.3 Å². The van der Waals surface area contributed by atoms with Gasteiger partial charge in [0.25, 0.3) is 5.91 Å². The lowest BCUT2D eigenvalue weighted by Crippen LogP contribution is -2.14. The van der Waals surface area contributed by atoms with Gasteiger partial charge in [-0.1, -0.05) is 23.7 Å². The lowest BCUT2D eigenvalue weighted by molar-refractivity contribution is 0.0587.